The van der Waals surface area contributed by atoms with Crippen molar-refractivity contribution in [3.05, 3.63) is 94.8 Å². The molecule has 2 aromatic carbocycles. The predicted octanol–water partition coefficient (Wildman–Crippen LogP) is 6.71. The van der Waals surface area contributed by atoms with E-state index in [4.69, 9.17) is 4.74 Å². The average molecular weight is 650 g/mol. The van der Waals surface area contributed by atoms with E-state index >= 15 is 0 Å². The van der Waals surface area contributed by atoms with E-state index in [2.05, 4.69) is 19.9 Å². The van der Waals surface area contributed by atoms with Crippen molar-refractivity contribution in [3.63, 3.8) is 0 Å². The zero-order valence-corrected chi connectivity index (χ0v) is 25.5. The Balaban J connectivity index is 0.00000423. The summed E-state index contributed by atoms with van der Waals surface area (Å²) in [7, 11) is -3.35. The molecule has 0 bridgehead atoms. The number of benzene rings is 2. The first-order valence-electron chi connectivity index (χ1n) is 13.1. The molecule has 1 saturated heterocycles. The van der Waals surface area contributed by atoms with Gasteiger partial charge in [-0.25, -0.2) is 27.0 Å². The summed E-state index contributed by atoms with van der Waals surface area (Å²) >= 11 is 1.48. The van der Waals surface area contributed by atoms with E-state index in [1.54, 1.807) is 41.4 Å². The number of sulfonamides is 1. The fourth-order valence-electron chi connectivity index (χ4n) is 4.73. The number of anilines is 3. The van der Waals surface area contributed by atoms with Gasteiger partial charge in [0.25, 0.3) is 0 Å². The number of hydrogen-bond donors (Lipinski definition) is 2. The zero-order chi connectivity index (χ0) is 29.7. The zero-order valence-electron chi connectivity index (χ0n) is 23.1. The van der Waals surface area contributed by atoms with Crippen molar-refractivity contribution in [2.75, 3.05) is 34.3 Å². The fraction of sp³-hybridized carbons (Fsp3) is 0.241. The van der Waals surface area contributed by atoms with E-state index in [0.29, 0.717) is 23.9 Å². The van der Waals surface area contributed by atoms with Gasteiger partial charge in [0.15, 0.2) is 11.6 Å². The number of carbonyl (C=O) groups excluding carboxylic acids is 1. The van der Waals surface area contributed by atoms with E-state index in [1.807, 2.05) is 22.9 Å². The first-order chi connectivity index (χ1) is 20.1. The Bertz CT molecular complexity index is 1620. The van der Waals surface area contributed by atoms with Crippen molar-refractivity contribution in [2.45, 2.75) is 25.4 Å². The minimum absolute atomic E-state index is 0. The maximum Gasteiger partial charge on any atom is 0.326 e. The van der Waals surface area contributed by atoms with Crippen molar-refractivity contribution < 1.29 is 26.7 Å². The molecule has 228 valence electrons. The summed E-state index contributed by atoms with van der Waals surface area (Å²) in [5, 5.41) is 6.50. The molecule has 1 fully saturated rings. The van der Waals surface area contributed by atoms with Gasteiger partial charge in [0.05, 0.1) is 11.9 Å². The molecule has 14 heteroatoms. The SMILES string of the molecule is CS(=O)(=O)Nc1ccc(Oc2ccc(CN3CCC(N(C(=O)Nc4ccc(F)c(F)c4)c4ccsc4)CC3)cn2)cc1.Cl. The Hall–Kier alpha value is -3.78. The molecule has 0 saturated carbocycles. The molecule has 4 aromatic rings. The lowest BCUT2D eigenvalue weighted by Gasteiger charge is -2.38. The molecule has 0 atom stereocenters. The van der Waals surface area contributed by atoms with Crippen LogP contribution in [0.4, 0.5) is 30.6 Å². The number of urea groups is 1. The average Bonchev–Trinajstić information content (AvgIpc) is 3.48. The molecule has 0 radical (unpaired) electrons. The topological polar surface area (TPSA) is 104 Å². The van der Waals surface area contributed by atoms with E-state index in [-0.39, 0.29) is 30.2 Å². The van der Waals surface area contributed by atoms with E-state index in [0.717, 1.165) is 55.6 Å². The molecule has 3 heterocycles. The van der Waals surface area contributed by atoms with Crippen LogP contribution in [0.2, 0.25) is 0 Å². The van der Waals surface area contributed by atoms with Gasteiger partial charge in [0.1, 0.15) is 5.75 Å². The lowest BCUT2D eigenvalue weighted by Crippen LogP contribution is -2.48. The summed E-state index contributed by atoms with van der Waals surface area (Å²) in [6, 6.07) is 15.0. The van der Waals surface area contributed by atoms with Crippen LogP contribution in [0.5, 0.6) is 11.6 Å². The highest BCUT2D eigenvalue weighted by molar-refractivity contribution is 7.92. The van der Waals surface area contributed by atoms with Crippen LogP contribution < -0.4 is 19.7 Å². The third kappa shape index (κ3) is 8.86. The van der Waals surface area contributed by atoms with Gasteiger partial charge in [0.2, 0.25) is 15.9 Å². The number of carbonyl (C=O) groups is 1. The van der Waals surface area contributed by atoms with Crippen molar-refractivity contribution >= 4 is 56.9 Å². The Morgan fingerprint density at radius 2 is 1.77 bits per heavy atom. The number of piperidine rings is 1. The predicted molar refractivity (Wildman–Crippen MR) is 167 cm³/mol. The molecular formula is C29H30ClF2N5O4S2. The highest BCUT2D eigenvalue weighted by Crippen LogP contribution is 2.28. The second kappa shape index (κ2) is 14.1. The van der Waals surface area contributed by atoms with Crippen LogP contribution in [0, 0.1) is 11.6 Å². The second-order valence-corrected chi connectivity index (χ2v) is 12.5. The smallest absolute Gasteiger partial charge is 0.326 e. The molecule has 1 aliphatic heterocycles. The van der Waals surface area contributed by atoms with Crippen LogP contribution in [0.3, 0.4) is 0 Å². The molecular weight excluding hydrogens is 620 g/mol. The number of hydrogen-bond acceptors (Lipinski definition) is 7. The summed E-state index contributed by atoms with van der Waals surface area (Å²) in [5.74, 6) is -1.04. The van der Waals surface area contributed by atoms with E-state index < -0.39 is 21.7 Å². The third-order valence-electron chi connectivity index (χ3n) is 6.68. The molecule has 2 amide bonds. The van der Waals surface area contributed by atoms with Crippen molar-refractivity contribution in [1.29, 1.82) is 0 Å². The molecule has 2 N–H and O–H groups in total. The van der Waals surface area contributed by atoms with E-state index in [9.17, 15) is 22.0 Å². The summed E-state index contributed by atoms with van der Waals surface area (Å²) in [6.45, 7) is 2.21. The molecule has 1 aliphatic rings. The van der Waals surface area contributed by atoms with Crippen LogP contribution in [-0.4, -0.2) is 49.7 Å². The number of aromatic nitrogens is 1. The molecule has 5 rings (SSSR count). The summed E-state index contributed by atoms with van der Waals surface area (Å²) in [4.78, 5) is 21.7. The summed E-state index contributed by atoms with van der Waals surface area (Å²) in [6.07, 6.45) is 4.32. The van der Waals surface area contributed by atoms with Crippen molar-refractivity contribution in [3.8, 4) is 11.6 Å². The lowest BCUT2D eigenvalue weighted by atomic mass is 10.0. The quantitative estimate of drug-likeness (QED) is 0.209. The summed E-state index contributed by atoms with van der Waals surface area (Å²) in [5.41, 5.74) is 2.41. The number of thiophene rings is 1. The van der Waals surface area contributed by atoms with Gasteiger partial charge in [-0.05, 0) is 66.2 Å². The van der Waals surface area contributed by atoms with Gasteiger partial charge in [-0.1, -0.05) is 6.07 Å². The first kappa shape index (κ1) is 32.1. The maximum absolute atomic E-state index is 13.7. The maximum atomic E-state index is 13.7. The van der Waals surface area contributed by atoms with Gasteiger partial charge in [-0.15, -0.1) is 12.4 Å². The standard InChI is InChI=1S/C29H29F2N5O4S2.ClH/c1-42(38,39)34-21-3-6-25(7-4-21)40-28-9-2-20(17-32-28)18-35-13-10-23(11-14-35)36(24-12-15-41-19-24)29(37)33-22-5-8-26(30)27(31)16-22;/h2-9,12,15-17,19,23,34H,10-11,13-14,18H2,1H3,(H,33,37);1H. The largest absolute Gasteiger partial charge is 0.439 e. The minimum Gasteiger partial charge on any atom is -0.439 e. The molecule has 0 unspecified atom stereocenters. The van der Waals surface area contributed by atoms with Gasteiger partial charge in [-0.3, -0.25) is 14.5 Å². The fourth-order valence-corrected chi connectivity index (χ4v) is 5.92. The minimum atomic E-state index is -3.35. The molecule has 2 aromatic heterocycles. The number of pyridine rings is 1. The third-order valence-corrected chi connectivity index (χ3v) is 7.96. The summed E-state index contributed by atoms with van der Waals surface area (Å²) < 4.78 is 57.9. The Labute approximate surface area is 259 Å². The number of amides is 2. The molecule has 0 aliphatic carbocycles. The molecule has 43 heavy (non-hydrogen) atoms. The van der Waals surface area contributed by atoms with Crippen LogP contribution >= 0.6 is 23.7 Å². The number of likely N-dealkylation sites (tertiary alicyclic amines) is 1. The van der Waals surface area contributed by atoms with Gasteiger partial charge in [0, 0.05) is 60.8 Å². The van der Waals surface area contributed by atoms with Crippen LogP contribution in [0.25, 0.3) is 0 Å². The van der Waals surface area contributed by atoms with Crippen LogP contribution in [0.1, 0.15) is 18.4 Å². The van der Waals surface area contributed by atoms with Gasteiger partial charge >= 0.3 is 6.03 Å². The first-order valence-corrected chi connectivity index (χ1v) is 16.0. The van der Waals surface area contributed by atoms with Gasteiger partial charge < -0.3 is 10.1 Å². The monoisotopic (exact) mass is 649 g/mol. The van der Waals surface area contributed by atoms with Crippen molar-refractivity contribution in [1.82, 2.24) is 9.88 Å². The Morgan fingerprint density at radius 1 is 1.05 bits per heavy atom. The number of halogens is 3. The highest BCUT2D eigenvalue weighted by atomic mass is 35.5. The van der Waals surface area contributed by atoms with Crippen LogP contribution in [0.15, 0.2) is 77.6 Å². The van der Waals surface area contributed by atoms with Gasteiger partial charge in [-0.2, -0.15) is 11.3 Å². The van der Waals surface area contributed by atoms with E-state index in [1.165, 1.54) is 17.4 Å². The number of nitrogens with one attached hydrogen (secondary N) is 2. The second-order valence-electron chi connectivity index (χ2n) is 9.92. The van der Waals surface area contributed by atoms with Crippen LogP contribution in [-0.2, 0) is 16.6 Å². The van der Waals surface area contributed by atoms with Crippen molar-refractivity contribution in [2.24, 2.45) is 0 Å². The highest BCUT2D eigenvalue weighted by Gasteiger charge is 2.30. The normalized spacial score (nSPS) is 14.0. The number of rotatable bonds is 9. The number of ether oxygens (including phenoxy) is 1. The number of nitrogens with zero attached hydrogens (tertiary/aromatic N) is 3. The molecule has 9 nitrogen and oxygen atoms in total. The Kier molecular flexibility index (Phi) is 10.6. The Morgan fingerprint density at radius 3 is 2.37 bits per heavy atom. The lowest BCUT2D eigenvalue weighted by molar-refractivity contribution is 0.199. The molecule has 0 spiro atoms.